The molecule has 0 aromatic carbocycles. The molecule has 0 spiro atoms. The molecule has 0 saturated heterocycles. The van der Waals surface area contributed by atoms with Gasteiger partial charge in [-0.25, -0.2) is 0 Å². The molecule has 0 aliphatic carbocycles. The average molecular weight is 106 g/mol. The van der Waals surface area contributed by atoms with Crippen molar-refractivity contribution in [2.24, 2.45) is 0 Å². The summed E-state index contributed by atoms with van der Waals surface area (Å²) in [4.78, 5) is 0. The average Bonchev–Trinajstić information content (AvgIpc) is 1.35. The van der Waals surface area contributed by atoms with Gasteiger partial charge in [-0.05, 0) is 0 Å². The third kappa shape index (κ3) is 4.27. The van der Waals surface area contributed by atoms with Crippen LogP contribution in [0, 0.1) is 0 Å². The summed E-state index contributed by atoms with van der Waals surface area (Å²) in [5, 5.41) is 0. The fourth-order valence-corrected chi connectivity index (χ4v) is 0.431. The van der Waals surface area contributed by atoms with E-state index in [4.69, 9.17) is 5.73 Å². The van der Waals surface area contributed by atoms with Crippen LogP contribution >= 0.6 is 0 Å². The molecule has 1 unspecified atom stereocenters. The molecule has 0 aliphatic rings. The highest BCUT2D eigenvalue weighted by Gasteiger charge is 1.88. The lowest BCUT2D eigenvalue weighted by molar-refractivity contribution is 0.600. The summed E-state index contributed by atoms with van der Waals surface area (Å²) in [7, 11) is 0. The molecule has 1 N–H and O–H groups in total. The van der Waals surface area contributed by atoms with Crippen molar-refractivity contribution in [3.8, 4) is 0 Å². The van der Waals surface area contributed by atoms with E-state index in [1.165, 1.54) is 0 Å². The molecule has 2 nitrogen and oxygen atoms in total. The fourth-order valence-electron chi connectivity index (χ4n) is 0.144. The Morgan fingerprint density at radius 3 is 2.33 bits per heavy atom. The lowest BCUT2D eigenvalue weighted by atomic mass is 10.8. The minimum atomic E-state index is -0.753. The Kier molecular flexibility index (Phi) is 3.62. The first-order chi connectivity index (χ1) is 2.77. The lowest BCUT2D eigenvalue weighted by Crippen LogP contribution is -2.07. The minimum Gasteiger partial charge on any atom is -0.617 e. The van der Waals surface area contributed by atoms with E-state index >= 15 is 0 Å². The molecule has 0 amide bonds. The quantitative estimate of drug-likeness (QED) is 0.444. The van der Waals surface area contributed by atoms with Gasteiger partial charge in [-0.2, -0.15) is 0 Å². The van der Waals surface area contributed by atoms with Gasteiger partial charge in [0.1, 0.15) is 5.75 Å². The maximum atomic E-state index is 10.0. The smallest absolute Gasteiger partial charge is 0.119 e. The molecule has 1 radical (unpaired) electrons. The zero-order valence-electron chi connectivity index (χ0n) is 3.73. The normalized spacial score (nSPS) is 14.5. The van der Waals surface area contributed by atoms with E-state index in [1.54, 1.807) is 6.26 Å². The standard InChI is InChI=1S/C3H8NOS/c1-6(5)3-2-4/h4H,2-3H2,1H3. The van der Waals surface area contributed by atoms with Crippen molar-refractivity contribution in [3.05, 3.63) is 0 Å². The molecule has 1 atom stereocenters. The van der Waals surface area contributed by atoms with Gasteiger partial charge in [0, 0.05) is 0 Å². The molecule has 37 valence electrons. The summed E-state index contributed by atoms with van der Waals surface area (Å²) in [6, 6.07) is 0. The molecule has 0 aliphatic heterocycles. The maximum absolute atomic E-state index is 10.0. The largest absolute Gasteiger partial charge is 0.617 e. The molecular formula is C3H8NOS. The van der Waals surface area contributed by atoms with Crippen molar-refractivity contribution in [3.63, 3.8) is 0 Å². The van der Waals surface area contributed by atoms with Crippen LogP contribution < -0.4 is 5.73 Å². The first-order valence-corrected chi connectivity index (χ1v) is 3.44. The zero-order chi connectivity index (χ0) is 4.99. The summed E-state index contributed by atoms with van der Waals surface area (Å²) in [5.74, 6) is 0.514. The van der Waals surface area contributed by atoms with Crippen LogP contribution in [0.1, 0.15) is 0 Å². The number of hydrogen-bond acceptors (Lipinski definition) is 1. The fraction of sp³-hybridized carbons (Fsp3) is 1.00. The van der Waals surface area contributed by atoms with E-state index in [0.29, 0.717) is 5.75 Å². The van der Waals surface area contributed by atoms with E-state index in [-0.39, 0.29) is 6.54 Å². The summed E-state index contributed by atoms with van der Waals surface area (Å²) in [5.41, 5.74) is 6.54. The molecule has 0 aromatic rings. The Bertz CT molecular complexity index is 32.0. The van der Waals surface area contributed by atoms with Gasteiger partial charge in [-0.15, -0.1) is 0 Å². The van der Waals surface area contributed by atoms with Crippen molar-refractivity contribution in [1.29, 1.82) is 0 Å². The first kappa shape index (κ1) is 6.27. The summed E-state index contributed by atoms with van der Waals surface area (Å²) in [6.07, 6.45) is 1.61. The van der Waals surface area contributed by atoms with Crippen molar-refractivity contribution < 1.29 is 4.55 Å². The second kappa shape index (κ2) is 3.46. The van der Waals surface area contributed by atoms with Gasteiger partial charge in [0.05, 0.1) is 12.8 Å². The molecule has 0 saturated carbocycles. The molecular weight excluding hydrogens is 98.1 g/mol. The Balaban J connectivity index is 2.63. The molecule has 0 bridgehead atoms. The Morgan fingerprint density at radius 1 is 1.83 bits per heavy atom. The van der Waals surface area contributed by atoms with Crippen LogP contribution in [0.3, 0.4) is 0 Å². The third-order valence-electron chi connectivity index (χ3n) is 0.390. The van der Waals surface area contributed by atoms with E-state index in [1.807, 2.05) is 0 Å². The van der Waals surface area contributed by atoms with Gasteiger partial charge in [0.15, 0.2) is 0 Å². The maximum Gasteiger partial charge on any atom is 0.119 e. The molecule has 0 heterocycles. The first-order valence-electron chi connectivity index (χ1n) is 1.72. The van der Waals surface area contributed by atoms with Crippen molar-refractivity contribution in [2.75, 3.05) is 18.6 Å². The van der Waals surface area contributed by atoms with E-state index in [2.05, 4.69) is 0 Å². The molecule has 0 fully saturated rings. The van der Waals surface area contributed by atoms with Crippen molar-refractivity contribution >= 4 is 11.2 Å². The van der Waals surface area contributed by atoms with Crippen LogP contribution in [0.25, 0.3) is 0 Å². The van der Waals surface area contributed by atoms with E-state index < -0.39 is 11.2 Å². The van der Waals surface area contributed by atoms with Gasteiger partial charge < -0.3 is 4.55 Å². The van der Waals surface area contributed by atoms with Gasteiger partial charge in [0.25, 0.3) is 0 Å². The van der Waals surface area contributed by atoms with Crippen LogP contribution in [-0.2, 0) is 11.2 Å². The molecule has 6 heavy (non-hydrogen) atoms. The Morgan fingerprint density at radius 2 is 2.33 bits per heavy atom. The van der Waals surface area contributed by atoms with Gasteiger partial charge in [0.2, 0.25) is 0 Å². The molecule has 0 rings (SSSR count). The summed E-state index contributed by atoms with van der Waals surface area (Å²) >= 11 is -0.753. The van der Waals surface area contributed by atoms with Crippen molar-refractivity contribution in [1.82, 2.24) is 5.73 Å². The van der Waals surface area contributed by atoms with Gasteiger partial charge >= 0.3 is 0 Å². The van der Waals surface area contributed by atoms with Gasteiger partial charge in [-0.3, -0.25) is 5.73 Å². The van der Waals surface area contributed by atoms with Gasteiger partial charge in [-0.1, -0.05) is 11.2 Å². The van der Waals surface area contributed by atoms with Crippen LogP contribution in [0.2, 0.25) is 0 Å². The van der Waals surface area contributed by atoms with Crippen LogP contribution in [0.15, 0.2) is 0 Å². The second-order valence-corrected chi connectivity index (χ2v) is 2.58. The highest BCUT2D eigenvalue weighted by Crippen LogP contribution is 1.76. The topological polar surface area (TPSA) is 46.9 Å². The highest BCUT2D eigenvalue weighted by atomic mass is 32.2. The van der Waals surface area contributed by atoms with E-state index in [0.717, 1.165) is 0 Å². The summed E-state index contributed by atoms with van der Waals surface area (Å²) < 4.78 is 10.0. The Labute approximate surface area is 40.9 Å². The van der Waals surface area contributed by atoms with Crippen LogP contribution in [0.5, 0.6) is 0 Å². The third-order valence-corrected chi connectivity index (χ3v) is 1.17. The highest BCUT2D eigenvalue weighted by molar-refractivity contribution is 7.90. The SMILES string of the molecule is C[S+]([O-])CC[NH]. The number of hydrogen-bond donors (Lipinski definition) is 0. The zero-order valence-corrected chi connectivity index (χ0v) is 4.55. The van der Waals surface area contributed by atoms with E-state index in [9.17, 15) is 4.55 Å². The summed E-state index contributed by atoms with van der Waals surface area (Å²) in [6.45, 7) is 0.281. The predicted octanol–water partition coefficient (Wildman–Crippen LogP) is -0.352. The van der Waals surface area contributed by atoms with Crippen LogP contribution in [0.4, 0.5) is 0 Å². The molecule has 3 heteroatoms. The monoisotopic (exact) mass is 106 g/mol. The number of rotatable bonds is 2. The van der Waals surface area contributed by atoms with Crippen molar-refractivity contribution in [2.45, 2.75) is 0 Å². The minimum absolute atomic E-state index is 0.281. The second-order valence-electron chi connectivity index (χ2n) is 1.03. The van der Waals surface area contributed by atoms with Crippen LogP contribution in [-0.4, -0.2) is 23.1 Å². The number of nitrogens with one attached hydrogen (secondary N) is 1. The molecule has 0 aromatic heterocycles. The predicted molar refractivity (Wildman–Crippen MR) is 26.9 cm³/mol. The Hall–Kier alpha value is 0.270. The lowest BCUT2D eigenvalue weighted by Gasteiger charge is -1.98.